The Hall–Kier alpha value is -2.58. The van der Waals surface area contributed by atoms with Crippen molar-refractivity contribution in [2.24, 2.45) is 0 Å². The fourth-order valence-electron chi connectivity index (χ4n) is 2.92. The van der Waals surface area contributed by atoms with Crippen molar-refractivity contribution in [1.29, 1.82) is 0 Å². The van der Waals surface area contributed by atoms with Gasteiger partial charge in [0.2, 0.25) is 0 Å². The molecule has 28 heavy (non-hydrogen) atoms. The summed E-state index contributed by atoms with van der Waals surface area (Å²) in [7, 11) is 4.79. The van der Waals surface area contributed by atoms with E-state index in [1.165, 1.54) is 0 Å². The van der Waals surface area contributed by atoms with Crippen LogP contribution in [0.1, 0.15) is 16.5 Å². The number of hydrogen-bond donors (Lipinski definition) is 2. The summed E-state index contributed by atoms with van der Waals surface area (Å²) in [5, 5.41) is 12.1. The average molecular weight is 405 g/mol. The van der Waals surface area contributed by atoms with Crippen LogP contribution in [0, 0.1) is 0 Å². The maximum atomic E-state index is 11.1. The van der Waals surface area contributed by atoms with E-state index in [2.05, 4.69) is 5.32 Å². The molecule has 8 heteroatoms. The van der Waals surface area contributed by atoms with Gasteiger partial charge in [-0.15, -0.1) is 11.8 Å². The predicted molar refractivity (Wildman–Crippen MR) is 107 cm³/mol. The van der Waals surface area contributed by atoms with E-state index in [4.69, 9.17) is 24.1 Å². The molecule has 2 atom stereocenters. The molecule has 1 saturated heterocycles. The Morgan fingerprint density at radius 3 is 2.46 bits per heavy atom. The fraction of sp³-hybridized carbons (Fsp3) is 0.350. The highest BCUT2D eigenvalue weighted by Gasteiger charge is 2.30. The van der Waals surface area contributed by atoms with E-state index in [9.17, 15) is 4.79 Å². The van der Waals surface area contributed by atoms with E-state index >= 15 is 0 Å². The van der Waals surface area contributed by atoms with Crippen LogP contribution in [0.3, 0.4) is 0 Å². The Kier molecular flexibility index (Phi) is 6.53. The topological polar surface area (TPSA) is 86.2 Å². The Bertz CT molecular complexity index is 843. The molecule has 0 radical (unpaired) electrons. The van der Waals surface area contributed by atoms with Gasteiger partial charge in [-0.05, 0) is 35.9 Å². The lowest BCUT2D eigenvalue weighted by Gasteiger charge is -2.16. The molecule has 0 unspecified atom stereocenters. The summed E-state index contributed by atoms with van der Waals surface area (Å²) in [4.78, 5) is 11.1. The number of hydrogen-bond acceptors (Lipinski definition) is 7. The molecule has 1 aliphatic rings. The van der Waals surface area contributed by atoms with Crippen molar-refractivity contribution in [3.05, 3.63) is 47.5 Å². The van der Waals surface area contributed by atoms with E-state index < -0.39 is 12.0 Å². The molecular weight excluding hydrogens is 382 g/mol. The minimum Gasteiger partial charge on any atom is -0.497 e. The molecule has 0 amide bonds. The maximum absolute atomic E-state index is 11.1. The van der Waals surface area contributed by atoms with E-state index in [1.54, 1.807) is 33.1 Å². The van der Waals surface area contributed by atoms with Gasteiger partial charge < -0.3 is 24.1 Å². The highest BCUT2D eigenvalue weighted by atomic mass is 32.2. The molecule has 2 aromatic rings. The van der Waals surface area contributed by atoms with Crippen molar-refractivity contribution in [2.45, 2.75) is 18.0 Å². The summed E-state index contributed by atoms with van der Waals surface area (Å²) in [5.74, 6) is 2.29. The van der Waals surface area contributed by atoms with Crippen molar-refractivity contribution in [3.8, 4) is 23.0 Å². The Morgan fingerprint density at radius 1 is 1.07 bits per heavy atom. The molecule has 0 aliphatic carbocycles. The number of thioether (sulfide) groups is 1. The summed E-state index contributed by atoms with van der Waals surface area (Å²) in [6.07, 6.45) is 0. The largest absolute Gasteiger partial charge is 0.497 e. The maximum Gasteiger partial charge on any atom is 0.321 e. The third-order valence-corrected chi connectivity index (χ3v) is 5.71. The van der Waals surface area contributed by atoms with Crippen LogP contribution in [0.25, 0.3) is 0 Å². The first kappa shape index (κ1) is 20.2. The molecule has 0 spiro atoms. The molecular formula is C20H23NO6S. The number of carbonyl (C=O) groups is 1. The van der Waals surface area contributed by atoms with Gasteiger partial charge in [-0.3, -0.25) is 10.1 Å². The molecule has 1 aliphatic heterocycles. The van der Waals surface area contributed by atoms with Gasteiger partial charge in [0.05, 0.1) is 26.7 Å². The first-order valence-electron chi connectivity index (χ1n) is 8.67. The first-order chi connectivity index (χ1) is 13.5. The van der Waals surface area contributed by atoms with Crippen molar-refractivity contribution < 1.29 is 28.8 Å². The summed E-state index contributed by atoms with van der Waals surface area (Å²) in [6.45, 7) is 0.285. The SMILES string of the molecule is COc1ccc(OC)c(COc2ccc([C@H]3N[C@@H](C(=O)O)CS3)cc2OC)c1. The number of carboxylic acids is 1. The second-order valence-corrected chi connectivity index (χ2v) is 7.29. The van der Waals surface area contributed by atoms with Crippen LogP contribution in [0.4, 0.5) is 0 Å². The summed E-state index contributed by atoms with van der Waals surface area (Å²) < 4.78 is 22.1. The number of benzene rings is 2. The minimum atomic E-state index is -0.839. The van der Waals surface area contributed by atoms with E-state index in [-0.39, 0.29) is 12.0 Å². The van der Waals surface area contributed by atoms with Gasteiger partial charge in [-0.25, -0.2) is 0 Å². The molecule has 0 bridgehead atoms. The number of nitrogens with one attached hydrogen (secondary N) is 1. The lowest BCUT2D eigenvalue weighted by atomic mass is 10.1. The molecule has 1 heterocycles. The van der Waals surface area contributed by atoms with Crippen LogP contribution in [0.5, 0.6) is 23.0 Å². The first-order valence-corrected chi connectivity index (χ1v) is 9.72. The van der Waals surface area contributed by atoms with Gasteiger partial charge in [0.25, 0.3) is 0 Å². The number of methoxy groups -OCH3 is 3. The number of carboxylic acid groups (broad SMARTS) is 1. The van der Waals surface area contributed by atoms with Crippen LogP contribution in [-0.2, 0) is 11.4 Å². The predicted octanol–water partition coefficient (Wildman–Crippen LogP) is 3.08. The third kappa shape index (κ3) is 4.45. The summed E-state index contributed by atoms with van der Waals surface area (Å²) in [6, 6.07) is 10.6. The zero-order valence-corrected chi connectivity index (χ0v) is 16.7. The van der Waals surface area contributed by atoms with Gasteiger partial charge in [0.15, 0.2) is 11.5 Å². The van der Waals surface area contributed by atoms with E-state index in [0.717, 1.165) is 16.9 Å². The molecule has 2 N–H and O–H groups in total. The van der Waals surface area contributed by atoms with Gasteiger partial charge in [0, 0.05) is 11.3 Å². The summed E-state index contributed by atoms with van der Waals surface area (Å²) >= 11 is 1.56. The molecule has 7 nitrogen and oxygen atoms in total. The zero-order chi connectivity index (χ0) is 20.1. The number of aliphatic carboxylic acids is 1. The number of rotatable bonds is 8. The highest BCUT2D eigenvalue weighted by molar-refractivity contribution is 7.99. The molecule has 0 aromatic heterocycles. The fourth-order valence-corrected chi connectivity index (χ4v) is 4.15. The summed E-state index contributed by atoms with van der Waals surface area (Å²) in [5.41, 5.74) is 1.79. The monoisotopic (exact) mass is 405 g/mol. The molecule has 150 valence electrons. The van der Waals surface area contributed by atoms with Gasteiger partial charge in [-0.1, -0.05) is 6.07 Å². The van der Waals surface area contributed by atoms with Gasteiger partial charge in [0.1, 0.15) is 24.1 Å². The second kappa shape index (κ2) is 9.07. The molecule has 0 saturated carbocycles. The van der Waals surface area contributed by atoms with Crippen molar-refractivity contribution in [1.82, 2.24) is 5.32 Å². The molecule has 2 aromatic carbocycles. The number of ether oxygens (including phenoxy) is 4. The van der Waals surface area contributed by atoms with Crippen LogP contribution >= 0.6 is 11.8 Å². The third-order valence-electron chi connectivity index (χ3n) is 4.44. The van der Waals surface area contributed by atoms with Crippen LogP contribution in [0.15, 0.2) is 36.4 Å². The Balaban J connectivity index is 1.74. The van der Waals surface area contributed by atoms with Gasteiger partial charge in [-0.2, -0.15) is 0 Å². The quantitative estimate of drug-likeness (QED) is 0.693. The minimum absolute atomic E-state index is 0.0949. The van der Waals surface area contributed by atoms with Crippen LogP contribution in [0.2, 0.25) is 0 Å². The standard InChI is InChI=1S/C20H23NO6S/c1-24-14-5-7-16(25-2)13(8-14)10-27-17-6-4-12(9-18(17)26-3)19-21-15(11-28-19)20(22)23/h4-9,15,19,21H,10-11H2,1-3H3,(H,22,23)/t15-,19+/m1/s1. The van der Waals surface area contributed by atoms with Gasteiger partial charge >= 0.3 is 5.97 Å². The van der Waals surface area contributed by atoms with Crippen molar-refractivity contribution >= 4 is 17.7 Å². The van der Waals surface area contributed by atoms with Crippen LogP contribution < -0.4 is 24.3 Å². The van der Waals surface area contributed by atoms with Crippen molar-refractivity contribution in [2.75, 3.05) is 27.1 Å². The van der Waals surface area contributed by atoms with Crippen molar-refractivity contribution in [3.63, 3.8) is 0 Å². The smallest absolute Gasteiger partial charge is 0.321 e. The van der Waals surface area contributed by atoms with E-state index in [1.807, 2.05) is 36.4 Å². The second-order valence-electron chi connectivity index (χ2n) is 6.15. The lowest BCUT2D eigenvalue weighted by Crippen LogP contribution is -2.33. The Morgan fingerprint density at radius 2 is 1.82 bits per heavy atom. The molecule has 3 rings (SSSR count). The van der Waals surface area contributed by atoms with Crippen LogP contribution in [-0.4, -0.2) is 44.2 Å². The zero-order valence-electron chi connectivity index (χ0n) is 15.9. The average Bonchev–Trinajstić information content (AvgIpc) is 3.22. The molecule has 1 fully saturated rings. The Labute approximate surface area is 167 Å². The van der Waals surface area contributed by atoms with E-state index in [0.29, 0.717) is 23.0 Å². The highest BCUT2D eigenvalue weighted by Crippen LogP contribution is 2.38. The normalized spacial score (nSPS) is 18.5. The lowest BCUT2D eigenvalue weighted by molar-refractivity contribution is -0.138.